The summed E-state index contributed by atoms with van der Waals surface area (Å²) < 4.78 is 43.3. The van der Waals surface area contributed by atoms with E-state index in [1.54, 1.807) is 6.92 Å². The number of aromatic nitrogens is 1. The normalized spacial score (nSPS) is 21.1. The summed E-state index contributed by atoms with van der Waals surface area (Å²) in [4.78, 5) is 28.2. The van der Waals surface area contributed by atoms with Crippen LogP contribution in [-0.4, -0.2) is 35.0 Å². The van der Waals surface area contributed by atoms with Gasteiger partial charge in [-0.3, -0.25) is 15.0 Å². The molecule has 1 aromatic rings. The Morgan fingerprint density at radius 3 is 2.56 bits per heavy atom. The Morgan fingerprint density at radius 1 is 1.32 bits per heavy atom. The topological polar surface area (TPSA) is 71.5 Å². The third-order valence-electron chi connectivity index (χ3n) is 3.91. The van der Waals surface area contributed by atoms with Crippen molar-refractivity contribution in [3.8, 4) is 0 Å². The van der Waals surface area contributed by atoms with Crippen molar-refractivity contribution in [1.29, 1.82) is 0 Å². The van der Waals surface area contributed by atoms with E-state index in [1.165, 1.54) is 0 Å². The number of rotatable bonds is 6. The zero-order valence-electron chi connectivity index (χ0n) is 13.6. The number of ether oxygens (including phenoxy) is 1. The number of anilines is 1. The summed E-state index contributed by atoms with van der Waals surface area (Å²) in [6, 6.07) is 1.74. The van der Waals surface area contributed by atoms with Crippen LogP contribution in [0.5, 0.6) is 0 Å². The van der Waals surface area contributed by atoms with Crippen molar-refractivity contribution in [2.45, 2.75) is 26.4 Å². The summed E-state index contributed by atoms with van der Waals surface area (Å²) in [7, 11) is 0. The Hall–Kier alpha value is -1.87. The molecule has 1 aromatic heterocycles. The number of amides is 2. The minimum Gasteiger partial charge on any atom is -0.382 e. The van der Waals surface area contributed by atoms with Gasteiger partial charge in [-0.15, -0.1) is 0 Å². The highest BCUT2D eigenvalue weighted by Gasteiger charge is 2.45. The van der Waals surface area contributed by atoms with Gasteiger partial charge < -0.3 is 4.74 Å². The minimum atomic E-state index is -4.64. The first-order chi connectivity index (χ1) is 11.7. The Balaban J connectivity index is 2.13. The van der Waals surface area contributed by atoms with E-state index in [9.17, 15) is 22.8 Å². The van der Waals surface area contributed by atoms with E-state index in [4.69, 9.17) is 16.3 Å². The summed E-state index contributed by atoms with van der Waals surface area (Å²) in [6.07, 6.45) is -4.26. The first-order valence-corrected chi connectivity index (χ1v) is 8.00. The summed E-state index contributed by atoms with van der Waals surface area (Å²) in [5.74, 6) is -2.21. The Morgan fingerprint density at radius 2 is 2.00 bits per heavy atom. The maximum atomic E-state index is 12.7. The van der Waals surface area contributed by atoms with E-state index in [0.29, 0.717) is 19.6 Å². The van der Waals surface area contributed by atoms with Gasteiger partial charge in [0, 0.05) is 19.1 Å². The maximum Gasteiger partial charge on any atom is 0.419 e. The second kappa shape index (κ2) is 7.57. The molecule has 0 aliphatic carbocycles. The molecule has 2 atom stereocenters. The molecular weight excluding hydrogens is 363 g/mol. The third kappa shape index (κ3) is 4.21. The molecule has 1 fully saturated rings. The predicted molar refractivity (Wildman–Crippen MR) is 83.5 cm³/mol. The van der Waals surface area contributed by atoms with E-state index in [-0.39, 0.29) is 5.82 Å². The smallest absolute Gasteiger partial charge is 0.382 e. The van der Waals surface area contributed by atoms with Crippen LogP contribution in [-0.2, 0) is 20.5 Å². The first kappa shape index (κ1) is 19.5. The molecule has 0 radical (unpaired) electrons. The van der Waals surface area contributed by atoms with E-state index < -0.39 is 40.5 Å². The quantitative estimate of drug-likeness (QED) is 0.467. The lowest BCUT2D eigenvalue weighted by molar-refractivity contribution is -0.139. The largest absolute Gasteiger partial charge is 0.419 e. The van der Waals surface area contributed by atoms with E-state index in [1.807, 2.05) is 6.92 Å². The molecule has 6 nitrogen and oxygen atoms in total. The van der Waals surface area contributed by atoms with Gasteiger partial charge in [-0.05, 0) is 25.5 Å². The Bertz CT molecular complexity index is 669. The number of nitrogens with one attached hydrogen (secondary N) is 1. The van der Waals surface area contributed by atoms with Crippen LogP contribution < -0.4 is 5.43 Å². The van der Waals surface area contributed by atoms with Crippen LogP contribution in [0.2, 0.25) is 5.15 Å². The van der Waals surface area contributed by atoms with E-state index in [0.717, 1.165) is 17.1 Å². The number of carbonyl (C=O) groups is 2. The number of imide groups is 1. The molecule has 0 bridgehead atoms. The molecule has 0 saturated carbocycles. The third-order valence-corrected chi connectivity index (χ3v) is 4.20. The van der Waals surface area contributed by atoms with Gasteiger partial charge in [0.25, 0.3) is 11.8 Å². The number of hydrazine groups is 1. The van der Waals surface area contributed by atoms with Gasteiger partial charge in [0.15, 0.2) is 0 Å². The molecule has 0 spiro atoms. The number of pyridine rings is 1. The second-order valence-corrected chi connectivity index (χ2v) is 5.90. The van der Waals surface area contributed by atoms with E-state index in [2.05, 4.69) is 10.4 Å². The lowest BCUT2D eigenvalue weighted by Crippen LogP contribution is -2.37. The fourth-order valence-corrected chi connectivity index (χ4v) is 2.79. The van der Waals surface area contributed by atoms with Gasteiger partial charge >= 0.3 is 6.18 Å². The van der Waals surface area contributed by atoms with Crippen LogP contribution in [0.4, 0.5) is 19.0 Å². The second-order valence-electron chi connectivity index (χ2n) is 5.54. The van der Waals surface area contributed by atoms with Gasteiger partial charge in [-0.2, -0.15) is 18.2 Å². The monoisotopic (exact) mass is 379 g/mol. The van der Waals surface area contributed by atoms with Crippen molar-refractivity contribution in [2.75, 3.05) is 18.6 Å². The fourth-order valence-electron chi connectivity index (χ4n) is 2.52. The number of nitrogens with zero attached hydrogens (tertiary/aromatic N) is 2. The van der Waals surface area contributed by atoms with Crippen LogP contribution in [0, 0.1) is 11.8 Å². The molecule has 1 saturated heterocycles. The molecule has 1 aliphatic heterocycles. The van der Waals surface area contributed by atoms with Crippen molar-refractivity contribution in [3.05, 3.63) is 22.8 Å². The Labute approximate surface area is 147 Å². The van der Waals surface area contributed by atoms with Crippen molar-refractivity contribution in [1.82, 2.24) is 9.99 Å². The van der Waals surface area contributed by atoms with Gasteiger partial charge in [0.2, 0.25) is 0 Å². The fraction of sp³-hybridized carbons (Fsp3) is 0.533. The lowest BCUT2D eigenvalue weighted by atomic mass is 9.94. The molecule has 25 heavy (non-hydrogen) atoms. The number of alkyl halides is 3. The van der Waals surface area contributed by atoms with Crippen LogP contribution in [0.1, 0.15) is 25.8 Å². The standard InChI is InChI=1S/C15H17ClF3N3O3/c1-3-25-7-6-9-8(2)13(23)22(14(9)24)21-11-5-4-10(12(16)20-11)15(17,18)19/h4-5,8-9H,3,6-7H2,1-2H3,(H,20,21). The average Bonchev–Trinajstić information content (AvgIpc) is 2.71. The van der Waals surface area contributed by atoms with Crippen molar-refractivity contribution < 1.29 is 27.5 Å². The molecule has 0 aromatic carbocycles. The number of hydrogen-bond acceptors (Lipinski definition) is 5. The van der Waals surface area contributed by atoms with Crippen molar-refractivity contribution >= 4 is 29.2 Å². The number of carbonyl (C=O) groups excluding carboxylic acids is 2. The number of hydrogen-bond donors (Lipinski definition) is 1. The van der Waals surface area contributed by atoms with Crippen LogP contribution in [0.25, 0.3) is 0 Å². The van der Waals surface area contributed by atoms with Crippen molar-refractivity contribution in [3.63, 3.8) is 0 Å². The van der Waals surface area contributed by atoms with Gasteiger partial charge in [-0.1, -0.05) is 18.5 Å². The zero-order chi connectivity index (χ0) is 18.8. The highest BCUT2D eigenvalue weighted by atomic mass is 35.5. The molecule has 2 heterocycles. The predicted octanol–water partition coefficient (Wildman–Crippen LogP) is 3.13. The van der Waals surface area contributed by atoms with Crippen LogP contribution >= 0.6 is 11.6 Å². The molecule has 2 rings (SSSR count). The van der Waals surface area contributed by atoms with Crippen LogP contribution in [0.15, 0.2) is 12.1 Å². The molecular formula is C15H17ClF3N3O3. The zero-order valence-corrected chi connectivity index (χ0v) is 14.3. The molecule has 1 N–H and O–H groups in total. The summed E-state index contributed by atoms with van der Waals surface area (Å²) in [5, 5.41) is 0.00487. The highest BCUT2D eigenvalue weighted by Crippen LogP contribution is 2.35. The van der Waals surface area contributed by atoms with E-state index >= 15 is 0 Å². The Kier molecular flexibility index (Phi) is 5.89. The molecule has 1 aliphatic rings. The molecule has 10 heteroatoms. The average molecular weight is 380 g/mol. The summed E-state index contributed by atoms with van der Waals surface area (Å²) in [6.45, 7) is 4.27. The lowest BCUT2D eigenvalue weighted by Gasteiger charge is -2.17. The van der Waals surface area contributed by atoms with Gasteiger partial charge in [0.1, 0.15) is 11.0 Å². The van der Waals surface area contributed by atoms with Gasteiger partial charge in [-0.25, -0.2) is 4.98 Å². The maximum absolute atomic E-state index is 12.7. The molecule has 2 unspecified atom stereocenters. The van der Waals surface area contributed by atoms with Crippen LogP contribution in [0.3, 0.4) is 0 Å². The SMILES string of the molecule is CCOCCC1C(=O)N(Nc2ccc(C(F)(F)F)c(Cl)n2)C(=O)C1C. The summed E-state index contributed by atoms with van der Waals surface area (Å²) >= 11 is 5.54. The van der Waals surface area contributed by atoms with Crippen molar-refractivity contribution in [2.24, 2.45) is 11.8 Å². The summed E-state index contributed by atoms with van der Waals surface area (Å²) in [5.41, 5.74) is 1.35. The molecule has 2 amide bonds. The minimum absolute atomic E-state index is 0.127. The molecule has 138 valence electrons. The highest BCUT2D eigenvalue weighted by molar-refractivity contribution is 6.30. The number of halogens is 4. The van der Waals surface area contributed by atoms with Gasteiger partial charge in [0.05, 0.1) is 11.5 Å². The first-order valence-electron chi connectivity index (χ1n) is 7.62.